The second-order valence-electron chi connectivity index (χ2n) is 5.76. The summed E-state index contributed by atoms with van der Waals surface area (Å²) in [6, 6.07) is 1.26. The van der Waals surface area contributed by atoms with Crippen molar-refractivity contribution in [2.75, 3.05) is 19.0 Å². The monoisotopic (exact) mass is 313 g/mol. The molecule has 2 unspecified atom stereocenters. The van der Waals surface area contributed by atoms with Crippen LogP contribution in [0.1, 0.15) is 20.1 Å². The Morgan fingerprint density at radius 2 is 2.05 bits per heavy atom. The Kier molecular flexibility index (Phi) is 3.60. The number of aliphatic hydroxyl groups is 1. The minimum absolute atomic E-state index is 0.260. The van der Waals surface area contributed by atoms with Crippen LogP contribution in [0.2, 0.25) is 0 Å². The molecular weight excluding hydrogens is 294 g/mol. The molecule has 0 spiro atoms. The standard InChI is InChI=1S/C13H19N3O6/c1-13(2)21-9-6(5-17)20-11(10(9)22-13)16-7(14-3)4-8(18)15-12(16)19/h4,6,9-11,14,17H,5H2,1-3H3,(H,15,18,19)/t6-,9?,10?,11-/m1/s1. The molecule has 0 amide bonds. The van der Waals surface area contributed by atoms with E-state index in [1.165, 1.54) is 10.6 Å². The van der Waals surface area contributed by atoms with Gasteiger partial charge < -0.3 is 24.6 Å². The van der Waals surface area contributed by atoms with Gasteiger partial charge in [-0.1, -0.05) is 0 Å². The fourth-order valence-electron chi connectivity index (χ4n) is 2.96. The number of fused-ring (bicyclic) bond motifs is 1. The fraction of sp³-hybridized carbons (Fsp3) is 0.692. The minimum atomic E-state index is -0.837. The van der Waals surface area contributed by atoms with Crippen molar-refractivity contribution < 1.29 is 19.3 Å². The van der Waals surface area contributed by atoms with E-state index in [2.05, 4.69) is 10.3 Å². The van der Waals surface area contributed by atoms with Crippen molar-refractivity contribution in [1.82, 2.24) is 9.55 Å². The predicted molar refractivity (Wildman–Crippen MR) is 75.7 cm³/mol. The SMILES string of the molecule is CNc1cc(=O)[nH]c(=O)n1[C@@H]1O[C@H](CO)C2OC(C)(C)OC21. The quantitative estimate of drug-likeness (QED) is 0.655. The van der Waals surface area contributed by atoms with Crippen molar-refractivity contribution in [3.8, 4) is 0 Å². The molecule has 122 valence electrons. The Morgan fingerprint density at radius 1 is 1.36 bits per heavy atom. The third-order valence-corrected chi connectivity index (χ3v) is 3.79. The summed E-state index contributed by atoms with van der Waals surface area (Å²) in [5.74, 6) is -0.541. The molecule has 2 aliphatic rings. The van der Waals surface area contributed by atoms with E-state index in [0.29, 0.717) is 5.82 Å². The van der Waals surface area contributed by atoms with Crippen LogP contribution in [0.25, 0.3) is 0 Å². The van der Waals surface area contributed by atoms with Crippen LogP contribution in [-0.2, 0) is 14.2 Å². The third kappa shape index (κ3) is 2.35. The van der Waals surface area contributed by atoms with Gasteiger partial charge in [-0.2, -0.15) is 0 Å². The van der Waals surface area contributed by atoms with E-state index in [1.54, 1.807) is 20.9 Å². The van der Waals surface area contributed by atoms with Gasteiger partial charge in [0.1, 0.15) is 24.1 Å². The first-order valence-corrected chi connectivity index (χ1v) is 7.02. The average Bonchev–Trinajstić information content (AvgIpc) is 2.91. The lowest BCUT2D eigenvalue weighted by Crippen LogP contribution is -2.38. The molecule has 0 aromatic carbocycles. The lowest BCUT2D eigenvalue weighted by atomic mass is 10.1. The number of aromatic amines is 1. The summed E-state index contributed by atoms with van der Waals surface area (Å²) in [7, 11) is 1.59. The second kappa shape index (κ2) is 5.20. The Bertz CT molecular complexity index is 681. The average molecular weight is 313 g/mol. The smallest absolute Gasteiger partial charge is 0.332 e. The van der Waals surface area contributed by atoms with E-state index in [9.17, 15) is 14.7 Å². The summed E-state index contributed by atoms with van der Waals surface area (Å²) in [5.41, 5.74) is -1.13. The number of rotatable bonds is 3. The van der Waals surface area contributed by atoms with Gasteiger partial charge in [0.25, 0.3) is 5.56 Å². The molecular formula is C13H19N3O6. The van der Waals surface area contributed by atoms with Crippen LogP contribution in [0.4, 0.5) is 5.82 Å². The zero-order valence-corrected chi connectivity index (χ0v) is 12.5. The molecule has 0 aliphatic carbocycles. The molecule has 4 atom stereocenters. The Morgan fingerprint density at radius 3 is 2.68 bits per heavy atom. The van der Waals surface area contributed by atoms with E-state index in [4.69, 9.17) is 14.2 Å². The molecule has 0 bridgehead atoms. The number of nitrogens with one attached hydrogen (secondary N) is 2. The maximum absolute atomic E-state index is 12.2. The number of anilines is 1. The summed E-state index contributed by atoms with van der Waals surface area (Å²) in [4.78, 5) is 25.8. The Balaban J connectivity index is 2.06. The maximum atomic E-state index is 12.2. The van der Waals surface area contributed by atoms with Crippen LogP contribution in [0.5, 0.6) is 0 Å². The molecule has 1 aromatic rings. The molecule has 2 saturated heterocycles. The molecule has 1 aromatic heterocycles. The molecule has 22 heavy (non-hydrogen) atoms. The van der Waals surface area contributed by atoms with Gasteiger partial charge in [0.2, 0.25) is 0 Å². The number of aromatic nitrogens is 2. The zero-order chi connectivity index (χ0) is 16.1. The summed E-state index contributed by atoms with van der Waals surface area (Å²) in [6.45, 7) is 3.25. The lowest BCUT2D eigenvalue weighted by molar-refractivity contribution is -0.200. The lowest BCUT2D eigenvalue weighted by Gasteiger charge is -2.25. The number of aliphatic hydroxyl groups excluding tert-OH is 1. The van der Waals surface area contributed by atoms with E-state index >= 15 is 0 Å². The van der Waals surface area contributed by atoms with Crippen LogP contribution in [0, 0.1) is 0 Å². The number of hydrogen-bond acceptors (Lipinski definition) is 7. The number of hydrogen-bond donors (Lipinski definition) is 3. The van der Waals surface area contributed by atoms with Crippen LogP contribution < -0.4 is 16.6 Å². The molecule has 0 radical (unpaired) electrons. The highest BCUT2D eigenvalue weighted by Crippen LogP contribution is 2.42. The largest absolute Gasteiger partial charge is 0.394 e. The van der Waals surface area contributed by atoms with E-state index in [0.717, 1.165) is 0 Å². The van der Waals surface area contributed by atoms with Gasteiger partial charge in [-0.3, -0.25) is 9.78 Å². The van der Waals surface area contributed by atoms with Gasteiger partial charge in [-0.15, -0.1) is 0 Å². The molecule has 3 heterocycles. The summed E-state index contributed by atoms with van der Waals surface area (Å²) >= 11 is 0. The van der Waals surface area contributed by atoms with Gasteiger partial charge in [0.05, 0.1) is 6.61 Å². The second-order valence-corrected chi connectivity index (χ2v) is 5.76. The normalized spacial score (nSPS) is 32.9. The van der Waals surface area contributed by atoms with Crippen molar-refractivity contribution in [3.63, 3.8) is 0 Å². The highest BCUT2D eigenvalue weighted by Gasteiger charge is 2.56. The predicted octanol–water partition coefficient (Wildman–Crippen LogP) is -1.01. The highest BCUT2D eigenvalue weighted by molar-refractivity contribution is 5.33. The molecule has 3 rings (SSSR count). The highest BCUT2D eigenvalue weighted by atomic mass is 16.8. The van der Waals surface area contributed by atoms with Gasteiger partial charge in [-0.25, -0.2) is 9.36 Å². The van der Waals surface area contributed by atoms with Gasteiger partial charge in [0, 0.05) is 13.1 Å². The number of ether oxygens (including phenoxy) is 3. The van der Waals surface area contributed by atoms with Crippen molar-refractivity contribution in [2.45, 2.75) is 44.2 Å². The van der Waals surface area contributed by atoms with Crippen LogP contribution in [0.3, 0.4) is 0 Å². The summed E-state index contributed by atoms with van der Waals surface area (Å²) in [5, 5.41) is 12.3. The topological polar surface area (TPSA) is 115 Å². The molecule has 3 N–H and O–H groups in total. The van der Waals surface area contributed by atoms with Crippen LogP contribution in [0.15, 0.2) is 15.7 Å². The minimum Gasteiger partial charge on any atom is -0.394 e. The zero-order valence-electron chi connectivity index (χ0n) is 12.5. The summed E-state index contributed by atoms with van der Waals surface area (Å²) < 4.78 is 18.6. The van der Waals surface area contributed by atoms with E-state index in [1.807, 2.05) is 0 Å². The molecule has 9 nitrogen and oxygen atoms in total. The summed E-state index contributed by atoms with van der Waals surface area (Å²) in [6.07, 6.45) is -2.48. The van der Waals surface area contributed by atoms with Crippen LogP contribution in [-0.4, -0.2) is 52.4 Å². The first-order chi connectivity index (χ1) is 10.4. The van der Waals surface area contributed by atoms with Crippen molar-refractivity contribution in [3.05, 3.63) is 26.9 Å². The molecule has 2 fully saturated rings. The van der Waals surface area contributed by atoms with Crippen LogP contribution >= 0.6 is 0 Å². The fourth-order valence-corrected chi connectivity index (χ4v) is 2.96. The third-order valence-electron chi connectivity index (χ3n) is 3.79. The molecule has 9 heteroatoms. The first-order valence-electron chi connectivity index (χ1n) is 7.02. The molecule has 2 aliphatic heterocycles. The Hall–Kier alpha value is -1.68. The van der Waals surface area contributed by atoms with Gasteiger partial charge >= 0.3 is 5.69 Å². The number of H-pyrrole nitrogens is 1. The Labute approximate surface area is 125 Å². The van der Waals surface area contributed by atoms with E-state index in [-0.39, 0.29) is 6.61 Å². The van der Waals surface area contributed by atoms with E-state index < -0.39 is 41.6 Å². The number of nitrogens with zero attached hydrogens (tertiary/aromatic N) is 1. The first kappa shape index (κ1) is 15.2. The van der Waals surface area contributed by atoms with Gasteiger partial charge in [0.15, 0.2) is 12.0 Å². The van der Waals surface area contributed by atoms with Crippen molar-refractivity contribution in [1.29, 1.82) is 0 Å². The van der Waals surface area contributed by atoms with Crippen molar-refractivity contribution >= 4 is 5.82 Å². The van der Waals surface area contributed by atoms with Gasteiger partial charge in [-0.05, 0) is 13.8 Å². The maximum Gasteiger partial charge on any atom is 0.332 e. The van der Waals surface area contributed by atoms with Crippen molar-refractivity contribution in [2.24, 2.45) is 0 Å². The molecule has 0 saturated carbocycles.